The predicted octanol–water partition coefficient (Wildman–Crippen LogP) is 5.17. The van der Waals surface area contributed by atoms with Crippen LogP contribution in [0.3, 0.4) is 0 Å². The third kappa shape index (κ3) is 3.96. The summed E-state index contributed by atoms with van der Waals surface area (Å²) in [5.41, 5.74) is 0.319. The van der Waals surface area contributed by atoms with Crippen molar-refractivity contribution >= 4 is 38.3 Å². The first-order valence-electron chi connectivity index (χ1n) is 8.99. The summed E-state index contributed by atoms with van der Waals surface area (Å²) >= 11 is 1.58. The molecule has 146 valence electrons. The van der Waals surface area contributed by atoms with Crippen LogP contribution in [0, 0.1) is 5.92 Å². The molecule has 0 aliphatic carbocycles. The van der Waals surface area contributed by atoms with E-state index in [1.54, 1.807) is 11.3 Å². The zero-order valence-electron chi connectivity index (χ0n) is 14.9. The molecule has 8 heteroatoms. The normalized spacial score (nSPS) is 17.7. The highest BCUT2D eigenvalue weighted by Crippen LogP contribution is 2.33. The summed E-state index contributed by atoms with van der Waals surface area (Å²) in [7, 11) is 0. The topological polar surface area (TPSA) is 45.2 Å². The number of hydrogen-bond acceptors (Lipinski definition) is 4. The molecule has 1 fully saturated rings. The number of amides is 1. The Balaban J connectivity index is 1.46. The number of carbonyl (C=O) groups is 1. The van der Waals surface area contributed by atoms with Crippen LogP contribution in [0.4, 0.5) is 24.0 Å². The second-order valence-electron chi connectivity index (χ2n) is 6.82. The van der Waals surface area contributed by atoms with Crippen molar-refractivity contribution in [2.24, 2.45) is 5.92 Å². The Labute approximate surface area is 164 Å². The number of benzene rings is 2. The maximum absolute atomic E-state index is 12.9. The lowest BCUT2D eigenvalue weighted by atomic mass is 9.97. The Hall–Kier alpha value is -2.61. The van der Waals surface area contributed by atoms with E-state index >= 15 is 0 Å². The van der Waals surface area contributed by atoms with Crippen LogP contribution in [0.2, 0.25) is 0 Å². The molecule has 1 aliphatic rings. The fourth-order valence-corrected chi connectivity index (χ4v) is 4.38. The van der Waals surface area contributed by atoms with Gasteiger partial charge in [0.15, 0.2) is 5.13 Å². The minimum absolute atomic E-state index is 0.164. The van der Waals surface area contributed by atoms with Gasteiger partial charge in [0.05, 0.1) is 21.7 Å². The molecule has 3 aromatic rings. The van der Waals surface area contributed by atoms with Crippen LogP contribution in [-0.4, -0.2) is 24.0 Å². The van der Waals surface area contributed by atoms with Gasteiger partial charge in [-0.15, -0.1) is 0 Å². The zero-order chi connectivity index (χ0) is 19.7. The molecule has 1 aromatic heterocycles. The van der Waals surface area contributed by atoms with Crippen LogP contribution in [0.5, 0.6) is 0 Å². The van der Waals surface area contributed by atoms with Gasteiger partial charge >= 0.3 is 6.18 Å². The monoisotopic (exact) mass is 405 g/mol. The van der Waals surface area contributed by atoms with Crippen LogP contribution in [-0.2, 0) is 11.0 Å². The summed E-state index contributed by atoms with van der Waals surface area (Å²) in [6, 6.07) is 12.6. The molecule has 2 aromatic carbocycles. The molecule has 4 rings (SSSR count). The fraction of sp³-hybridized carbons (Fsp3) is 0.300. The van der Waals surface area contributed by atoms with Crippen LogP contribution in [0.1, 0.15) is 18.4 Å². The van der Waals surface area contributed by atoms with Gasteiger partial charge in [-0.2, -0.15) is 13.2 Å². The number of alkyl halides is 3. The van der Waals surface area contributed by atoms with Crippen LogP contribution < -0.4 is 10.2 Å². The van der Waals surface area contributed by atoms with Crippen molar-refractivity contribution in [3.8, 4) is 0 Å². The van der Waals surface area contributed by atoms with Gasteiger partial charge in [-0.3, -0.25) is 4.79 Å². The number of rotatable bonds is 3. The Morgan fingerprint density at radius 1 is 1.18 bits per heavy atom. The summed E-state index contributed by atoms with van der Waals surface area (Å²) in [6.45, 7) is 1.32. The molecule has 0 bridgehead atoms. The van der Waals surface area contributed by atoms with E-state index in [9.17, 15) is 18.0 Å². The first kappa shape index (κ1) is 18.7. The van der Waals surface area contributed by atoms with Crippen molar-refractivity contribution in [2.75, 3.05) is 23.3 Å². The third-order valence-electron chi connectivity index (χ3n) is 4.80. The van der Waals surface area contributed by atoms with Crippen molar-refractivity contribution in [2.45, 2.75) is 19.0 Å². The SMILES string of the molecule is O=C(Nc1cccc(C(F)(F)F)c1)C1CCCN(c2nc3ccccc3s2)C1. The van der Waals surface area contributed by atoms with Gasteiger partial charge in [-0.1, -0.05) is 29.5 Å². The number of nitrogens with one attached hydrogen (secondary N) is 1. The van der Waals surface area contributed by atoms with E-state index in [-0.39, 0.29) is 17.5 Å². The second-order valence-corrected chi connectivity index (χ2v) is 7.83. The maximum atomic E-state index is 12.9. The van der Waals surface area contributed by atoms with Gasteiger partial charge in [0.25, 0.3) is 0 Å². The largest absolute Gasteiger partial charge is 0.416 e. The first-order valence-corrected chi connectivity index (χ1v) is 9.80. The highest BCUT2D eigenvalue weighted by Gasteiger charge is 2.31. The molecular formula is C20H18F3N3OS. The number of nitrogens with zero attached hydrogens (tertiary/aromatic N) is 2. The number of thiazole rings is 1. The van der Waals surface area contributed by atoms with E-state index in [2.05, 4.69) is 15.2 Å². The van der Waals surface area contributed by atoms with Crippen molar-refractivity contribution in [1.82, 2.24) is 4.98 Å². The Bertz CT molecular complexity index is 969. The number of para-hydroxylation sites is 1. The number of hydrogen-bond donors (Lipinski definition) is 1. The van der Waals surface area contributed by atoms with Crippen molar-refractivity contribution in [1.29, 1.82) is 0 Å². The lowest BCUT2D eigenvalue weighted by molar-refractivity contribution is -0.137. The molecule has 0 spiro atoms. The van der Waals surface area contributed by atoms with Crippen molar-refractivity contribution in [3.05, 3.63) is 54.1 Å². The zero-order valence-corrected chi connectivity index (χ0v) is 15.7. The van der Waals surface area contributed by atoms with Crippen molar-refractivity contribution < 1.29 is 18.0 Å². The summed E-state index contributed by atoms with van der Waals surface area (Å²) < 4.78 is 39.7. The summed E-state index contributed by atoms with van der Waals surface area (Å²) in [6.07, 6.45) is -2.90. The van der Waals surface area contributed by atoms with E-state index in [0.29, 0.717) is 13.0 Å². The van der Waals surface area contributed by atoms with Crippen LogP contribution in [0.15, 0.2) is 48.5 Å². The maximum Gasteiger partial charge on any atom is 0.416 e. The number of halogens is 3. The summed E-state index contributed by atoms with van der Waals surface area (Å²) in [4.78, 5) is 19.4. The summed E-state index contributed by atoms with van der Waals surface area (Å²) in [5, 5.41) is 3.51. The molecule has 0 saturated carbocycles. The molecule has 2 heterocycles. The van der Waals surface area contributed by atoms with Gasteiger partial charge in [0.1, 0.15) is 0 Å². The van der Waals surface area contributed by atoms with Crippen molar-refractivity contribution in [3.63, 3.8) is 0 Å². The van der Waals surface area contributed by atoms with Gasteiger partial charge in [0.2, 0.25) is 5.91 Å². The van der Waals surface area contributed by atoms with E-state index in [1.165, 1.54) is 12.1 Å². The Morgan fingerprint density at radius 3 is 2.79 bits per heavy atom. The minimum Gasteiger partial charge on any atom is -0.347 e. The highest BCUT2D eigenvalue weighted by atomic mass is 32.1. The molecule has 1 atom stereocenters. The van der Waals surface area contributed by atoms with Crippen LogP contribution >= 0.6 is 11.3 Å². The van der Waals surface area contributed by atoms with E-state index in [4.69, 9.17) is 0 Å². The number of anilines is 2. The average molecular weight is 405 g/mol. The smallest absolute Gasteiger partial charge is 0.347 e. The minimum atomic E-state index is -4.44. The first-order chi connectivity index (χ1) is 13.4. The summed E-state index contributed by atoms with van der Waals surface area (Å²) in [5.74, 6) is -0.555. The number of carbonyl (C=O) groups excluding carboxylic acids is 1. The van der Waals surface area contributed by atoms with Gasteiger partial charge in [-0.05, 0) is 43.2 Å². The molecular weight excluding hydrogens is 387 g/mol. The number of piperidine rings is 1. The second kappa shape index (κ2) is 7.43. The van der Waals surface area contributed by atoms with Crippen LogP contribution in [0.25, 0.3) is 10.2 Å². The third-order valence-corrected chi connectivity index (χ3v) is 5.90. The number of aromatic nitrogens is 1. The Kier molecular flexibility index (Phi) is 4.97. The van der Waals surface area contributed by atoms with Gasteiger partial charge in [0, 0.05) is 18.8 Å². The van der Waals surface area contributed by atoms with E-state index < -0.39 is 11.7 Å². The molecule has 1 saturated heterocycles. The average Bonchev–Trinajstić information content (AvgIpc) is 3.12. The Morgan fingerprint density at radius 2 is 2.00 bits per heavy atom. The number of fused-ring (bicyclic) bond motifs is 1. The molecule has 0 radical (unpaired) electrons. The quantitative estimate of drug-likeness (QED) is 0.654. The predicted molar refractivity (Wildman–Crippen MR) is 105 cm³/mol. The molecule has 28 heavy (non-hydrogen) atoms. The molecule has 1 amide bonds. The van der Waals surface area contributed by atoms with E-state index in [1.807, 2.05) is 24.3 Å². The molecule has 1 unspecified atom stereocenters. The highest BCUT2D eigenvalue weighted by molar-refractivity contribution is 7.22. The standard InChI is InChI=1S/C20H18F3N3OS/c21-20(22,23)14-6-3-7-15(11-14)24-18(27)13-5-4-10-26(12-13)19-25-16-8-1-2-9-17(16)28-19/h1-3,6-9,11,13H,4-5,10,12H2,(H,24,27). The van der Waals surface area contributed by atoms with E-state index in [0.717, 1.165) is 40.4 Å². The van der Waals surface area contributed by atoms with Gasteiger partial charge < -0.3 is 10.2 Å². The molecule has 1 N–H and O–H groups in total. The van der Waals surface area contributed by atoms with Gasteiger partial charge in [-0.25, -0.2) is 4.98 Å². The molecule has 4 nitrogen and oxygen atoms in total. The lowest BCUT2D eigenvalue weighted by Gasteiger charge is -2.31. The lowest BCUT2D eigenvalue weighted by Crippen LogP contribution is -2.40. The molecule has 1 aliphatic heterocycles. The fourth-order valence-electron chi connectivity index (χ4n) is 3.38.